The largest absolute Gasteiger partial charge is 0.508 e. The van der Waals surface area contributed by atoms with E-state index in [1.54, 1.807) is 34.7 Å². The third-order valence-corrected chi connectivity index (χ3v) is 14.4. The summed E-state index contributed by atoms with van der Waals surface area (Å²) >= 11 is 0. The van der Waals surface area contributed by atoms with Gasteiger partial charge in [0.25, 0.3) is 11.8 Å². The fourth-order valence-electron chi connectivity index (χ4n) is 10.3. The molecule has 13 nitrogen and oxygen atoms in total. The van der Waals surface area contributed by atoms with Crippen LogP contribution in [0.3, 0.4) is 0 Å². The number of hydrogen-bond acceptors (Lipinski definition) is 8. The highest BCUT2D eigenvalue weighted by atomic mass is 16.5. The summed E-state index contributed by atoms with van der Waals surface area (Å²) < 4.78 is 15.7. The monoisotopic (exact) mass is 927 g/mol. The van der Waals surface area contributed by atoms with Gasteiger partial charge >= 0.3 is 0 Å². The minimum Gasteiger partial charge on any atom is -0.508 e. The summed E-state index contributed by atoms with van der Waals surface area (Å²) in [4.78, 5) is 52.0. The lowest BCUT2D eigenvalue weighted by Gasteiger charge is -2.36. The second-order valence-electron chi connectivity index (χ2n) is 19.1. The molecule has 2 unspecified atom stereocenters. The van der Waals surface area contributed by atoms with E-state index in [0.29, 0.717) is 77.8 Å². The molecule has 3 amide bonds. The molecule has 3 aliphatic rings. The molecule has 3 atom stereocenters. The zero-order chi connectivity index (χ0) is 48.7. The van der Waals surface area contributed by atoms with Gasteiger partial charge in [0.15, 0.2) is 0 Å². The number of hydrogen-bond donors (Lipinski definition) is 1. The van der Waals surface area contributed by atoms with E-state index in [1.165, 1.54) is 17.7 Å². The Balaban J connectivity index is 1.01. The van der Waals surface area contributed by atoms with Crippen LogP contribution in [-0.2, 0) is 56.0 Å². The van der Waals surface area contributed by atoms with Crippen LogP contribution >= 0.6 is 0 Å². The van der Waals surface area contributed by atoms with Crippen molar-refractivity contribution in [3.63, 3.8) is 0 Å². The van der Waals surface area contributed by atoms with Crippen LogP contribution in [0.1, 0.15) is 86.4 Å². The standard InChI is InChI=1S/C56H61N7O6/c1-35-24-41-10-8-9-11-43(41)34-62(35)55(66)51-27-44-33-61(54(65)25-40-12-18-48(19-13-40)68-23-22-60-31-36(2)69-37(3)32-60)21-20-42(44)26-50(51)53-29-49(38(4)59(53)7)56(67)63(45-14-16-47(64)17-15-45)52-28-46(30-57)58(6)39(52)5/h8-19,26-29,35-37,64H,20-25,31-34H2,1-7H3/t35-,36?,37?/m1/s1. The van der Waals surface area contributed by atoms with Gasteiger partial charge in [-0.05, 0) is 136 Å². The van der Waals surface area contributed by atoms with Crippen molar-refractivity contribution in [1.82, 2.24) is 23.8 Å². The number of fused-ring (bicyclic) bond motifs is 2. The lowest BCUT2D eigenvalue weighted by molar-refractivity contribution is -0.131. The Bertz CT molecular complexity index is 2950. The summed E-state index contributed by atoms with van der Waals surface area (Å²) in [5, 5.41) is 20.1. The van der Waals surface area contributed by atoms with E-state index in [9.17, 15) is 15.2 Å². The number of carbonyl (C=O) groups is 3. The summed E-state index contributed by atoms with van der Waals surface area (Å²) in [6, 6.07) is 32.3. The van der Waals surface area contributed by atoms with E-state index in [4.69, 9.17) is 9.47 Å². The van der Waals surface area contributed by atoms with Crippen LogP contribution < -0.4 is 9.64 Å². The Labute approximate surface area is 404 Å². The first kappa shape index (κ1) is 46.9. The molecule has 5 heterocycles. The molecule has 4 aromatic carbocycles. The van der Waals surface area contributed by atoms with Crippen LogP contribution in [0.4, 0.5) is 11.4 Å². The van der Waals surface area contributed by atoms with Crippen molar-refractivity contribution in [2.75, 3.05) is 37.7 Å². The van der Waals surface area contributed by atoms with E-state index < -0.39 is 0 Å². The summed E-state index contributed by atoms with van der Waals surface area (Å²) in [6.45, 7) is 14.6. The summed E-state index contributed by atoms with van der Waals surface area (Å²) in [5.74, 6) is 0.405. The number of carbonyl (C=O) groups excluding carboxylic acids is 3. The van der Waals surface area contributed by atoms with Crippen molar-refractivity contribution in [2.45, 2.75) is 85.2 Å². The van der Waals surface area contributed by atoms with Crippen molar-refractivity contribution in [1.29, 1.82) is 5.26 Å². The molecule has 2 aromatic heterocycles. The number of rotatable bonds is 11. The molecular formula is C56H61N7O6. The van der Waals surface area contributed by atoms with E-state index >= 15 is 9.59 Å². The lowest BCUT2D eigenvalue weighted by Crippen LogP contribution is -2.46. The first-order valence-electron chi connectivity index (χ1n) is 23.9. The van der Waals surface area contributed by atoms with Gasteiger partial charge in [-0.3, -0.25) is 24.2 Å². The van der Waals surface area contributed by atoms with Gasteiger partial charge in [-0.25, -0.2) is 0 Å². The number of phenols is 1. The number of nitriles is 1. The van der Waals surface area contributed by atoms with Crippen molar-refractivity contribution in [3.8, 4) is 28.8 Å². The van der Waals surface area contributed by atoms with E-state index in [0.717, 1.165) is 59.8 Å². The van der Waals surface area contributed by atoms with Gasteiger partial charge in [0.1, 0.15) is 29.9 Å². The van der Waals surface area contributed by atoms with Crippen molar-refractivity contribution >= 4 is 29.1 Å². The number of phenolic OH excluding ortho intramolecular Hbond substituents is 1. The minimum absolute atomic E-state index is 0.0121. The normalized spacial score (nSPS) is 18.0. The first-order chi connectivity index (χ1) is 33.2. The van der Waals surface area contributed by atoms with Crippen molar-refractivity contribution in [2.24, 2.45) is 14.1 Å². The van der Waals surface area contributed by atoms with Gasteiger partial charge in [0.2, 0.25) is 5.91 Å². The highest BCUT2D eigenvalue weighted by molar-refractivity contribution is 6.13. The van der Waals surface area contributed by atoms with Crippen LogP contribution in [0.15, 0.2) is 97.1 Å². The average Bonchev–Trinajstić information content (AvgIpc) is 3.80. The van der Waals surface area contributed by atoms with Crippen LogP contribution in [0.25, 0.3) is 11.3 Å². The fourth-order valence-corrected chi connectivity index (χ4v) is 10.3. The third kappa shape index (κ3) is 9.52. The van der Waals surface area contributed by atoms with Gasteiger partial charge in [0, 0.05) is 93.3 Å². The molecule has 0 bridgehead atoms. The number of amides is 3. The zero-order valence-corrected chi connectivity index (χ0v) is 40.7. The minimum atomic E-state index is -0.324. The maximum atomic E-state index is 15.2. The molecular weight excluding hydrogens is 867 g/mol. The summed E-state index contributed by atoms with van der Waals surface area (Å²) in [6.07, 6.45) is 1.98. The predicted molar refractivity (Wildman–Crippen MR) is 266 cm³/mol. The molecule has 0 aliphatic carbocycles. The van der Waals surface area contributed by atoms with Crippen LogP contribution in [0.2, 0.25) is 0 Å². The number of ether oxygens (including phenoxy) is 2. The third-order valence-electron chi connectivity index (χ3n) is 14.4. The topological polar surface area (TPSA) is 137 Å². The molecule has 1 fully saturated rings. The molecule has 356 valence electrons. The lowest BCUT2D eigenvalue weighted by atomic mass is 9.89. The zero-order valence-electron chi connectivity index (χ0n) is 40.7. The Morgan fingerprint density at radius 2 is 1.52 bits per heavy atom. The Hall–Kier alpha value is -7.14. The SMILES string of the molecule is Cc1c(N(C(=O)c2cc(-c3cc4c(cc3C(=O)N3Cc5ccccc5C[C@H]3C)CN(C(=O)Cc3ccc(OCCN5CC(C)OC(C)C5)cc3)CC4)n(C)c2C)c2ccc(O)cc2)cc(C#N)n1C. The van der Waals surface area contributed by atoms with E-state index in [1.807, 2.05) is 83.8 Å². The number of benzene rings is 4. The van der Waals surface area contributed by atoms with Crippen LogP contribution in [-0.4, -0.2) is 97.7 Å². The number of nitrogens with zero attached hydrogens (tertiary/aromatic N) is 7. The van der Waals surface area contributed by atoms with Gasteiger partial charge < -0.3 is 33.5 Å². The molecule has 0 spiro atoms. The molecule has 9 rings (SSSR count). The maximum absolute atomic E-state index is 15.2. The van der Waals surface area contributed by atoms with Crippen LogP contribution in [0.5, 0.6) is 11.5 Å². The number of morpholine rings is 1. The molecule has 0 radical (unpaired) electrons. The first-order valence-corrected chi connectivity index (χ1v) is 23.9. The van der Waals surface area contributed by atoms with E-state index in [-0.39, 0.29) is 48.1 Å². The summed E-state index contributed by atoms with van der Waals surface area (Å²) in [5.41, 5.74) is 10.5. The fraction of sp³-hybridized carbons (Fsp3) is 0.357. The number of anilines is 2. The Kier molecular flexibility index (Phi) is 13.2. The van der Waals surface area contributed by atoms with Crippen molar-refractivity contribution < 1.29 is 29.0 Å². The highest BCUT2D eigenvalue weighted by Gasteiger charge is 2.34. The molecule has 0 saturated carbocycles. The second-order valence-corrected chi connectivity index (χ2v) is 19.1. The number of aromatic hydroxyl groups is 1. The number of aromatic nitrogens is 2. The van der Waals surface area contributed by atoms with Crippen LogP contribution in [0, 0.1) is 25.2 Å². The molecule has 3 aliphatic heterocycles. The summed E-state index contributed by atoms with van der Waals surface area (Å²) in [7, 11) is 3.70. The van der Waals surface area contributed by atoms with Gasteiger partial charge in [-0.15, -0.1) is 0 Å². The second kappa shape index (κ2) is 19.5. The van der Waals surface area contributed by atoms with Gasteiger partial charge in [-0.1, -0.05) is 36.4 Å². The Morgan fingerprint density at radius 1 is 0.812 bits per heavy atom. The average molecular weight is 928 g/mol. The molecule has 6 aromatic rings. The highest BCUT2D eigenvalue weighted by Crippen LogP contribution is 2.38. The quantitative estimate of drug-likeness (QED) is 0.137. The maximum Gasteiger partial charge on any atom is 0.264 e. The molecule has 69 heavy (non-hydrogen) atoms. The smallest absolute Gasteiger partial charge is 0.264 e. The van der Waals surface area contributed by atoms with Crippen molar-refractivity contribution in [3.05, 3.63) is 153 Å². The Morgan fingerprint density at radius 3 is 2.22 bits per heavy atom. The molecule has 1 saturated heterocycles. The molecule has 1 N–H and O–H groups in total. The van der Waals surface area contributed by atoms with E-state index in [2.05, 4.69) is 49.9 Å². The molecule has 13 heteroatoms. The van der Waals surface area contributed by atoms with Gasteiger partial charge in [0.05, 0.1) is 29.9 Å². The predicted octanol–water partition coefficient (Wildman–Crippen LogP) is 8.41. The van der Waals surface area contributed by atoms with Gasteiger partial charge in [-0.2, -0.15) is 5.26 Å².